The van der Waals surface area contributed by atoms with Crippen molar-refractivity contribution in [3.05, 3.63) is 82.2 Å². The van der Waals surface area contributed by atoms with E-state index in [0.29, 0.717) is 25.0 Å². The minimum absolute atomic E-state index is 0.114. The molecule has 0 unspecified atom stereocenters. The van der Waals surface area contributed by atoms with Crippen molar-refractivity contribution in [2.45, 2.75) is 46.0 Å². The molecule has 1 aliphatic rings. The molecule has 4 rings (SSSR count). The van der Waals surface area contributed by atoms with Crippen LogP contribution in [-0.4, -0.2) is 28.1 Å². The predicted molar refractivity (Wildman–Crippen MR) is 123 cm³/mol. The second-order valence-electron chi connectivity index (χ2n) is 8.25. The van der Waals surface area contributed by atoms with Gasteiger partial charge in [-0.15, -0.1) is 0 Å². The van der Waals surface area contributed by atoms with Crippen molar-refractivity contribution in [1.82, 2.24) is 4.98 Å². The number of ketones is 1. The van der Waals surface area contributed by atoms with E-state index >= 15 is 0 Å². The number of fused-ring (bicyclic) bond motifs is 1. The van der Waals surface area contributed by atoms with Crippen molar-refractivity contribution >= 4 is 22.4 Å². The van der Waals surface area contributed by atoms with Crippen LogP contribution in [0.1, 0.15) is 48.1 Å². The van der Waals surface area contributed by atoms with Crippen molar-refractivity contribution in [2.75, 3.05) is 6.54 Å². The standard InChI is InChI=1S/C26H28N2O2/c1-16-9-10-23-22(13-16)21(17(2)28-23)11-12-27-24-14-20(19-7-5-4-6-8-19)15-25(30)26(24)18(3)29/h4-10,13,20,28,30H,11-12,14-15H2,1-3H3/t20-/m1/s1. The zero-order chi connectivity index (χ0) is 21.3. The van der Waals surface area contributed by atoms with Gasteiger partial charge in [-0.3, -0.25) is 9.79 Å². The Morgan fingerprint density at radius 3 is 2.63 bits per heavy atom. The number of carbonyl (C=O) groups excluding carboxylic acids is 1. The number of aryl methyl sites for hydroxylation is 2. The average Bonchev–Trinajstić information content (AvgIpc) is 3.02. The number of aromatic nitrogens is 1. The number of nitrogens with one attached hydrogen (secondary N) is 1. The number of Topliss-reactive ketones (excluding diaryl/α,β-unsaturated/α-hetero) is 1. The Labute approximate surface area is 177 Å². The van der Waals surface area contributed by atoms with Crippen LogP contribution in [-0.2, 0) is 11.2 Å². The van der Waals surface area contributed by atoms with E-state index in [1.165, 1.54) is 29.0 Å². The maximum atomic E-state index is 12.2. The van der Waals surface area contributed by atoms with Gasteiger partial charge in [0, 0.05) is 35.3 Å². The monoisotopic (exact) mass is 400 g/mol. The lowest BCUT2D eigenvalue weighted by Crippen LogP contribution is -2.23. The molecule has 1 heterocycles. The number of aliphatic hydroxyl groups excluding tert-OH is 1. The fourth-order valence-corrected chi connectivity index (χ4v) is 4.54. The van der Waals surface area contributed by atoms with E-state index < -0.39 is 0 Å². The molecule has 0 amide bonds. The summed E-state index contributed by atoms with van der Waals surface area (Å²) in [4.78, 5) is 20.5. The Morgan fingerprint density at radius 1 is 1.13 bits per heavy atom. The van der Waals surface area contributed by atoms with Crippen LogP contribution >= 0.6 is 0 Å². The van der Waals surface area contributed by atoms with E-state index in [1.807, 2.05) is 18.2 Å². The van der Waals surface area contributed by atoms with Crippen LogP contribution in [0.25, 0.3) is 10.9 Å². The highest BCUT2D eigenvalue weighted by Gasteiger charge is 2.29. The van der Waals surface area contributed by atoms with E-state index in [9.17, 15) is 9.90 Å². The molecule has 1 atom stereocenters. The van der Waals surface area contributed by atoms with Gasteiger partial charge in [0.1, 0.15) is 5.76 Å². The van der Waals surface area contributed by atoms with Gasteiger partial charge in [-0.1, -0.05) is 42.0 Å². The zero-order valence-electron chi connectivity index (χ0n) is 17.8. The molecule has 4 heteroatoms. The molecule has 1 aromatic heterocycles. The summed E-state index contributed by atoms with van der Waals surface area (Å²) in [6.07, 6.45) is 1.95. The van der Waals surface area contributed by atoms with Crippen molar-refractivity contribution in [3.63, 3.8) is 0 Å². The molecule has 4 nitrogen and oxygen atoms in total. The quantitative estimate of drug-likeness (QED) is 0.573. The molecule has 0 saturated carbocycles. The van der Waals surface area contributed by atoms with E-state index in [0.717, 1.165) is 23.3 Å². The molecular weight excluding hydrogens is 372 g/mol. The van der Waals surface area contributed by atoms with Crippen LogP contribution in [0.4, 0.5) is 0 Å². The number of H-pyrrole nitrogens is 1. The molecule has 1 aliphatic carbocycles. The average molecular weight is 401 g/mol. The van der Waals surface area contributed by atoms with Crippen LogP contribution in [0.15, 0.2) is 64.9 Å². The maximum absolute atomic E-state index is 12.2. The summed E-state index contributed by atoms with van der Waals surface area (Å²) >= 11 is 0. The van der Waals surface area contributed by atoms with Crippen LogP contribution in [0.2, 0.25) is 0 Å². The molecule has 0 spiro atoms. The van der Waals surface area contributed by atoms with Crippen LogP contribution in [0.3, 0.4) is 0 Å². The number of rotatable bonds is 5. The Morgan fingerprint density at radius 2 is 1.90 bits per heavy atom. The van der Waals surface area contributed by atoms with E-state index in [1.54, 1.807) is 0 Å². The van der Waals surface area contributed by atoms with Crippen LogP contribution in [0.5, 0.6) is 0 Å². The number of aliphatic hydroxyl groups is 1. The van der Waals surface area contributed by atoms with Gasteiger partial charge in [0.15, 0.2) is 5.78 Å². The lowest BCUT2D eigenvalue weighted by molar-refractivity contribution is -0.113. The SMILES string of the molecule is CC(=O)C1=C(O)C[C@H](c2ccccc2)CC1=NCCc1c(C)[nH]c2ccc(C)cc12. The fourth-order valence-electron chi connectivity index (χ4n) is 4.54. The Balaban J connectivity index is 1.61. The molecule has 2 N–H and O–H groups in total. The molecule has 0 fully saturated rings. The van der Waals surface area contributed by atoms with E-state index in [2.05, 4.69) is 49.2 Å². The summed E-state index contributed by atoms with van der Waals surface area (Å²) in [5.41, 5.74) is 7.12. The van der Waals surface area contributed by atoms with Gasteiger partial charge in [0.05, 0.1) is 5.57 Å². The van der Waals surface area contributed by atoms with Gasteiger partial charge in [-0.25, -0.2) is 0 Å². The number of benzene rings is 2. The molecule has 0 aliphatic heterocycles. The third-order valence-electron chi connectivity index (χ3n) is 6.02. The number of aromatic amines is 1. The largest absolute Gasteiger partial charge is 0.511 e. The topological polar surface area (TPSA) is 65.4 Å². The maximum Gasteiger partial charge on any atom is 0.164 e. The van der Waals surface area contributed by atoms with E-state index in [4.69, 9.17) is 4.99 Å². The zero-order valence-corrected chi connectivity index (χ0v) is 17.8. The fraction of sp³-hybridized carbons (Fsp3) is 0.308. The first-order chi connectivity index (χ1) is 14.4. The van der Waals surface area contributed by atoms with Crippen LogP contribution < -0.4 is 0 Å². The smallest absolute Gasteiger partial charge is 0.164 e. The molecular formula is C26H28N2O2. The number of hydrogen-bond acceptors (Lipinski definition) is 3. The Bertz CT molecular complexity index is 1150. The summed E-state index contributed by atoms with van der Waals surface area (Å²) in [7, 11) is 0. The number of allylic oxidation sites excluding steroid dienone is 2. The van der Waals surface area contributed by atoms with Crippen molar-refractivity contribution in [1.29, 1.82) is 0 Å². The molecule has 2 aromatic carbocycles. The van der Waals surface area contributed by atoms with Gasteiger partial charge in [-0.05, 0) is 62.8 Å². The van der Waals surface area contributed by atoms with Gasteiger partial charge < -0.3 is 10.1 Å². The minimum atomic E-state index is -0.114. The molecule has 30 heavy (non-hydrogen) atoms. The van der Waals surface area contributed by atoms with Gasteiger partial charge in [0.2, 0.25) is 0 Å². The summed E-state index contributed by atoms with van der Waals surface area (Å²) in [5.74, 6) is 0.197. The second-order valence-corrected chi connectivity index (χ2v) is 8.25. The third-order valence-corrected chi connectivity index (χ3v) is 6.02. The predicted octanol–water partition coefficient (Wildman–Crippen LogP) is 5.75. The highest BCUT2D eigenvalue weighted by atomic mass is 16.3. The Hall–Kier alpha value is -3.14. The summed E-state index contributed by atoms with van der Waals surface area (Å²) in [6.45, 7) is 6.29. The van der Waals surface area contributed by atoms with Gasteiger partial charge in [0.25, 0.3) is 0 Å². The van der Waals surface area contributed by atoms with Crippen molar-refractivity contribution in [3.8, 4) is 0 Å². The summed E-state index contributed by atoms with van der Waals surface area (Å²) in [6, 6.07) is 16.6. The lowest BCUT2D eigenvalue weighted by atomic mass is 9.81. The number of aliphatic imine (C=N–C) groups is 1. The summed E-state index contributed by atoms with van der Waals surface area (Å²) < 4.78 is 0. The molecule has 0 bridgehead atoms. The third kappa shape index (κ3) is 3.95. The molecule has 0 saturated heterocycles. The van der Waals surface area contributed by atoms with Crippen molar-refractivity contribution < 1.29 is 9.90 Å². The number of hydrogen-bond donors (Lipinski definition) is 2. The second kappa shape index (κ2) is 8.31. The Kier molecular flexibility index (Phi) is 5.58. The number of carbonyl (C=O) groups is 1. The first-order valence-electron chi connectivity index (χ1n) is 10.5. The van der Waals surface area contributed by atoms with Gasteiger partial charge >= 0.3 is 0 Å². The highest BCUT2D eigenvalue weighted by molar-refractivity contribution is 6.22. The first kappa shape index (κ1) is 20.1. The van der Waals surface area contributed by atoms with E-state index in [-0.39, 0.29) is 17.5 Å². The lowest BCUT2D eigenvalue weighted by Gasteiger charge is -2.25. The van der Waals surface area contributed by atoms with Crippen molar-refractivity contribution in [2.24, 2.45) is 4.99 Å². The number of nitrogens with zero attached hydrogens (tertiary/aromatic N) is 1. The van der Waals surface area contributed by atoms with Gasteiger partial charge in [-0.2, -0.15) is 0 Å². The molecule has 154 valence electrons. The molecule has 3 aromatic rings. The summed E-state index contributed by atoms with van der Waals surface area (Å²) in [5, 5.41) is 11.9. The normalized spacial score (nSPS) is 18.4. The minimum Gasteiger partial charge on any atom is -0.511 e. The highest BCUT2D eigenvalue weighted by Crippen LogP contribution is 2.34. The van der Waals surface area contributed by atoms with Crippen LogP contribution in [0, 0.1) is 13.8 Å². The first-order valence-corrected chi connectivity index (χ1v) is 10.5. The molecule has 0 radical (unpaired) electrons.